The maximum atomic E-state index is 12.0. The largest absolute Gasteiger partial charge is 0.323 e. The fourth-order valence-electron chi connectivity index (χ4n) is 2.02. The minimum Gasteiger partial charge on any atom is -0.308 e. The quantitative estimate of drug-likeness (QED) is 0.663. The molecule has 9 heteroatoms. The topological polar surface area (TPSA) is 100 Å². The van der Waals surface area contributed by atoms with E-state index in [-0.39, 0.29) is 6.03 Å². The summed E-state index contributed by atoms with van der Waals surface area (Å²) in [5, 5.41) is 5.74. The van der Waals surface area contributed by atoms with E-state index in [9.17, 15) is 13.2 Å². The molecule has 0 aliphatic rings. The Balaban J connectivity index is 1.74. The van der Waals surface area contributed by atoms with Gasteiger partial charge in [0, 0.05) is 11.4 Å². The van der Waals surface area contributed by atoms with Gasteiger partial charge in [-0.05, 0) is 30.3 Å². The van der Waals surface area contributed by atoms with Gasteiger partial charge in [0.15, 0.2) is 5.13 Å². The van der Waals surface area contributed by atoms with Crippen LogP contribution in [0.2, 0.25) is 0 Å². The molecule has 3 N–H and O–H groups in total. The smallest absolute Gasteiger partial charge is 0.308 e. The Labute approximate surface area is 142 Å². The third-order valence-electron chi connectivity index (χ3n) is 2.95. The van der Waals surface area contributed by atoms with Gasteiger partial charge in [0.25, 0.3) is 0 Å². The van der Waals surface area contributed by atoms with Crippen molar-refractivity contribution in [1.82, 2.24) is 4.98 Å². The normalized spacial score (nSPS) is 11.2. The van der Waals surface area contributed by atoms with Crippen LogP contribution >= 0.6 is 11.3 Å². The van der Waals surface area contributed by atoms with Crippen LogP contribution in [0.3, 0.4) is 0 Å². The molecule has 0 atom stereocenters. The van der Waals surface area contributed by atoms with Crippen molar-refractivity contribution in [1.29, 1.82) is 0 Å². The number of carbonyl (C=O) groups excluding carboxylic acids is 1. The van der Waals surface area contributed by atoms with Crippen LogP contribution in [0.1, 0.15) is 0 Å². The first-order chi connectivity index (χ1) is 11.4. The number of aromatic nitrogens is 1. The van der Waals surface area contributed by atoms with Gasteiger partial charge in [0.2, 0.25) is 10.0 Å². The number of nitrogens with one attached hydrogen (secondary N) is 3. The second-order valence-corrected chi connectivity index (χ2v) is 7.80. The van der Waals surface area contributed by atoms with E-state index in [0.717, 1.165) is 11.0 Å². The Hall–Kier alpha value is -2.65. The van der Waals surface area contributed by atoms with Crippen LogP contribution in [0.5, 0.6) is 0 Å². The lowest BCUT2D eigenvalue weighted by Crippen LogP contribution is -2.19. The van der Waals surface area contributed by atoms with Crippen molar-refractivity contribution in [2.24, 2.45) is 0 Å². The Morgan fingerprint density at radius 3 is 2.46 bits per heavy atom. The number of benzene rings is 2. The Morgan fingerprint density at radius 1 is 1.04 bits per heavy atom. The summed E-state index contributed by atoms with van der Waals surface area (Å²) in [5.74, 6) is 0. The molecule has 0 saturated carbocycles. The lowest BCUT2D eigenvalue weighted by molar-refractivity contribution is 0.262. The first-order valence-corrected chi connectivity index (χ1v) is 9.61. The number of fused-ring (bicyclic) bond motifs is 1. The van der Waals surface area contributed by atoms with Gasteiger partial charge in [-0.3, -0.25) is 4.72 Å². The SMILES string of the molecule is CS(=O)(=O)Nc1nc2ccc(NC(=O)Nc3ccccc3)cc2s1. The number of carbonyl (C=O) groups is 1. The fourth-order valence-corrected chi connectivity index (χ4v) is 3.76. The van der Waals surface area contributed by atoms with Crippen LogP contribution in [0.4, 0.5) is 21.3 Å². The van der Waals surface area contributed by atoms with E-state index < -0.39 is 10.0 Å². The van der Waals surface area contributed by atoms with Crippen LogP contribution < -0.4 is 15.4 Å². The van der Waals surface area contributed by atoms with Gasteiger partial charge < -0.3 is 10.6 Å². The van der Waals surface area contributed by atoms with E-state index in [2.05, 4.69) is 20.3 Å². The summed E-state index contributed by atoms with van der Waals surface area (Å²) >= 11 is 1.20. The number of sulfonamides is 1. The van der Waals surface area contributed by atoms with Gasteiger partial charge in [-0.15, -0.1) is 0 Å². The third-order valence-corrected chi connectivity index (χ3v) is 4.58. The molecular weight excluding hydrogens is 348 g/mol. The summed E-state index contributed by atoms with van der Waals surface area (Å²) in [7, 11) is -3.37. The van der Waals surface area contributed by atoms with Gasteiger partial charge in [-0.2, -0.15) is 0 Å². The Kier molecular flexibility index (Phi) is 4.36. The third kappa shape index (κ3) is 4.21. The number of rotatable bonds is 4. The molecule has 0 aliphatic carbocycles. The average Bonchev–Trinajstić information content (AvgIpc) is 2.87. The number of para-hydroxylation sites is 1. The molecular formula is C15H14N4O3S2. The Morgan fingerprint density at radius 2 is 1.75 bits per heavy atom. The highest BCUT2D eigenvalue weighted by atomic mass is 32.2. The van der Waals surface area contributed by atoms with E-state index in [1.54, 1.807) is 30.3 Å². The second kappa shape index (κ2) is 6.46. The molecule has 3 rings (SSSR count). The molecule has 0 spiro atoms. The summed E-state index contributed by atoms with van der Waals surface area (Å²) in [6.07, 6.45) is 1.07. The lowest BCUT2D eigenvalue weighted by atomic mass is 10.3. The van der Waals surface area contributed by atoms with E-state index in [0.29, 0.717) is 22.0 Å². The molecule has 0 fully saturated rings. The maximum Gasteiger partial charge on any atom is 0.323 e. The zero-order valence-electron chi connectivity index (χ0n) is 12.6. The van der Waals surface area contributed by atoms with Crippen LogP contribution in [-0.4, -0.2) is 25.7 Å². The van der Waals surface area contributed by atoms with Gasteiger partial charge in [0.1, 0.15) is 0 Å². The van der Waals surface area contributed by atoms with Crippen molar-refractivity contribution < 1.29 is 13.2 Å². The number of hydrogen-bond donors (Lipinski definition) is 3. The maximum absolute atomic E-state index is 12.0. The molecule has 2 amide bonds. The van der Waals surface area contributed by atoms with Crippen LogP contribution in [0, 0.1) is 0 Å². The molecule has 7 nitrogen and oxygen atoms in total. The van der Waals surface area contributed by atoms with Crippen molar-refractivity contribution in [3.05, 3.63) is 48.5 Å². The molecule has 0 bridgehead atoms. The highest BCUT2D eigenvalue weighted by molar-refractivity contribution is 7.92. The molecule has 3 aromatic rings. The number of thiazole rings is 1. The predicted molar refractivity (Wildman–Crippen MR) is 97.2 cm³/mol. The van der Waals surface area contributed by atoms with Crippen LogP contribution in [0.15, 0.2) is 48.5 Å². The molecule has 2 aromatic carbocycles. The fraction of sp³-hybridized carbons (Fsp3) is 0.0667. The highest BCUT2D eigenvalue weighted by Crippen LogP contribution is 2.28. The van der Waals surface area contributed by atoms with E-state index in [1.807, 2.05) is 18.2 Å². The monoisotopic (exact) mass is 362 g/mol. The predicted octanol–water partition coefficient (Wildman–Crippen LogP) is 3.31. The van der Waals surface area contributed by atoms with Crippen LogP contribution in [0.25, 0.3) is 10.2 Å². The van der Waals surface area contributed by atoms with Gasteiger partial charge in [-0.1, -0.05) is 29.5 Å². The first kappa shape index (κ1) is 16.2. The molecule has 1 aromatic heterocycles. The summed E-state index contributed by atoms with van der Waals surface area (Å²) in [4.78, 5) is 16.2. The average molecular weight is 362 g/mol. The lowest BCUT2D eigenvalue weighted by Gasteiger charge is -2.07. The van der Waals surface area contributed by atoms with E-state index in [4.69, 9.17) is 0 Å². The van der Waals surface area contributed by atoms with Crippen molar-refractivity contribution in [3.63, 3.8) is 0 Å². The van der Waals surface area contributed by atoms with E-state index >= 15 is 0 Å². The standard InChI is InChI=1S/C15H14N4O3S2/c1-24(21,22)19-15-18-12-8-7-11(9-13(12)23-15)17-14(20)16-10-5-3-2-4-6-10/h2-9H,1H3,(H,18,19)(H2,16,17,20). The minimum atomic E-state index is -3.37. The summed E-state index contributed by atoms with van der Waals surface area (Å²) in [6, 6.07) is 13.9. The van der Waals surface area contributed by atoms with Gasteiger partial charge in [-0.25, -0.2) is 18.2 Å². The molecule has 24 heavy (non-hydrogen) atoms. The molecule has 0 unspecified atom stereocenters. The first-order valence-electron chi connectivity index (χ1n) is 6.90. The van der Waals surface area contributed by atoms with Crippen LogP contribution in [-0.2, 0) is 10.0 Å². The molecule has 0 radical (unpaired) electrons. The van der Waals surface area contributed by atoms with Crippen molar-refractivity contribution in [2.45, 2.75) is 0 Å². The zero-order chi connectivity index (χ0) is 17.2. The Bertz CT molecular complexity index is 984. The zero-order valence-corrected chi connectivity index (χ0v) is 14.2. The highest BCUT2D eigenvalue weighted by Gasteiger charge is 2.10. The number of urea groups is 1. The second-order valence-electron chi connectivity index (χ2n) is 5.02. The summed E-state index contributed by atoms with van der Waals surface area (Å²) in [5.41, 5.74) is 1.93. The minimum absolute atomic E-state index is 0.290. The van der Waals surface area contributed by atoms with Crippen molar-refractivity contribution in [2.75, 3.05) is 21.6 Å². The van der Waals surface area contributed by atoms with E-state index in [1.165, 1.54) is 11.3 Å². The number of amides is 2. The summed E-state index contributed by atoms with van der Waals surface area (Å²) in [6.45, 7) is 0. The summed E-state index contributed by atoms with van der Waals surface area (Å²) < 4.78 is 25.6. The van der Waals surface area contributed by atoms with Gasteiger partial charge >= 0.3 is 6.03 Å². The number of anilines is 3. The van der Waals surface area contributed by atoms with Crippen molar-refractivity contribution >= 4 is 54.1 Å². The molecule has 1 heterocycles. The van der Waals surface area contributed by atoms with Crippen molar-refractivity contribution in [3.8, 4) is 0 Å². The number of nitrogens with zero attached hydrogens (tertiary/aromatic N) is 1. The molecule has 0 saturated heterocycles. The molecule has 124 valence electrons. The van der Waals surface area contributed by atoms with Gasteiger partial charge in [0.05, 0.1) is 16.5 Å². The molecule has 0 aliphatic heterocycles. The number of hydrogen-bond acceptors (Lipinski definition) is 5.